The van der Waals surface area contributed by atoms with Crippen LogP contribution in [-0.4, -0.2) is 19.6 Å². The van der Waals surface area contributed by atoms with Gasteiger partial charge in [0.1, 0.15) is 5.75 Å². The molecule has 1 fully saturated rings. The van der Waals surface area contributed by atoms with E-state index in [1.54, 1.807) is 7.11 Å². The van der Waals surface area contributed by atoms with Crippen LogP contribution in [-0.2, 0) is 4.79 Å². The predicted molar refractivity (Wildman–Crippen MR) is 59.1 cm³/mol. The molecule has 1 saturated heterocycles. The largest absolute Gasteiger partial charge is 0.497 e. The molecular weight excluding hydrogens is 190 g/mol. The van der Waals surface area contributed by atoms with Gasteiger partial charge in [-0.05, 0) is 30.7 Å². The number of anilines is 1. The minimum atomic E-state index is 0.229. The summed E-state index contributed by atoms with van der Waals surface area (Å²) in [5, 5.41) is 0. The number of amides is 1. The third-order valence-corrected chi connectivity index (χ3v) is 2.90. The second kappa shape index (κ2) is 3.93. The Morgan fingerprint density at radius 2 is 2.07 bits per heavy atom. The van der Waals surface area contributed by atoms with Crippen molar-refractivity contribution in [1.82, 2.24) is 0 Å². The van der Waals surface area contributed by atoms with Crippen molar-refractivity contribution in [3.05, 3.63) is 24.3 Å². The van der Waals surface area contributed by atoms with Gasteiger partial charge in [0.15, 0.2) is 0 Å². The van der Waals surface area contributed by atoms with Crippen molar-refractivity contribution < 1.29 is 9.53 Å². The maximum atomic E-state index is 11.6. The summed E-state index contributed by atoms with van der Waals surface area (Å²) >= 11 is 0. The number of carbonyl (C=O) groups is 1. The van der Waals surface area contributed by atoms with E-state index in [1.165, 1.54) is 0 Å². The Bertz CT molecular complexity index is 358. The number of rotatable bonds is 3. The van der Waals surface area contributed by atoms with E-state index in [-0.39, 0.29) is 11.8 Å². The smallest absolute Gasteiger partial charge is 0.231 e. The Balaban J connectivity index is 2.09. The number of methoxy groups -OCH3 is 1. The van der Waals surface area contributed by atoms with Crippen molar-refractivity contribution in [2.24, 2.45) is 5.92 Å². The van der Waals surface area contributed by atoms with Crippen LogP contribution in [0.1, 0.15) is 13.3 Å². The van der Waals surface area contributed by atoms with Gasteiger partial charge in [-0.1, -0.05) is 6.92 Å². The fraction of sp³-hybridized carbons (Fsp3) is 0.417. The van der Waals surface area contributed by atoms with Gasteiger partial charge in [-0.3, -0.25) is 4.79 Å². The average molecular weight is 205 g/mol. The third kappa shape index (κ3) is 1.69. The van der Waals surface area contributed by atoms with Crippen LogP contribution in [0.4, 0.5) is 5.69 Å². The second-order valence-electron chi connectivity index (χ2n) is 3.75. The maximum Gasteiger partial charge on any atom is 0.231 e. The highest BCUT2D eigenvalue weighted by Gasteiger charge is 2.35. The van der Waals surface area contributed by atoms with E-state index >= 15 is 0 Å². The monoisotopic (exact) mass is 205 g/mol. The van der Waals surface area contributed by atoms with Crippen molar-refractivity contribution in [1.29, 1.82) is 0 Å². The number of carbonyl (C=O) groups excluding carboxylic acids is 1. The van der Waals surface area contributed by atoms with E-state index in [0.29, 0.717) is 0 Å². The van der Waals surface area contributed by atoms with E-state index in [1.807, 2.05) is 36.1 Å². The van der Waals surface area contributed by atoms with Gasteiger partial charge in [0.25, 0.3) is 0 Å². The topological polar surface area (TPSA) is 29.5 Å². The quantitative estimate of drug-likeness (QED) is 0.707. The van der Waals surface area contributed by atoms with E-state index in [9.17, 15) is 4.79 Å². The molecule has 80 valence electrons. The summed E-state index contributed by atoms with van der Waals surface area (Å²) in [5.41, 5.74) is 0.963. The normalized spacial score (nSPS) is 20.0. The zero-order valence-electron chi connectivity index (χ0n) is 9.06. The summed E-state index contributed by atoms with van der Waals surface area (Å²) in [6, 6.07) is 7.59. The number of hydrogen-bond acceptors (Lipinski definition) is 2. The predicted octanol–water partition coefficient (Wildman–Crippen LogP) is 2.07. The van der Waals surface area contributed by atoms with Gasteiger partial charge in [0.05, 0.1) is 13.0 Å². The Morgan fingerprint density at radius 1 is 1.40 bits per heavy atom. The molecule has 1 aliphatic rings. The molecule has 3 heteroatoms. The molecule has 0 N–H and O–H groups in total. The van der Waals surface area contributed by atoms with Gasteiger partial charge in [-0.2, -0.15) is 0 Å². The number of benzene rings is 1. The molecule has 0 bridgehead atoms. The molecule has 1 unspecified atom stereocenters. The summed E-state index contributed by atoms with van der Waals surface area (Å²) in [7, 11) is 1.64. The zero-order valence-corrected chi connectivity index (χ0v) is 9.06. The van der Waals surface area contributed by atoms with Crippen LogP contribution in [0.15, 0.2) is 24.3 Å². The number of ether oxygens (including phenoxy) is 1. The van der Waals surface area contributed by atoms with Crippen molar-refractivity contribution in [3.63, 3.8) is 0 Å². The first-order valence-corrected chi connectivity index (χ1v) is 5.21. The minimum absolute atomic E-state index is 0.229. The van der Waals surface area contributed by atoms with Crippen molar-refractivity contribution in [2.45, 2.75) is 13.3 Å². The highest BCUT2D eigenvalue weighted by molar-refractivity contribution is 6.01. The first-order valence-electron chi connectivity index (χ1n) is 5.21. The van der Waals surface area contributed by atoms with Crippen LogP contribution < -0.4 is 9.64 Å². The summed E-state index contributed by atoms with van der Waals surface area (Å²) in [6.45, 7) is 2.90. The van der Waals surface area contributed by atoms with Gasteiger partial charge < -0.3 is 9.64 Å². The number of nitrogens with zero attached hydrogens (tertiary/aromatic N) is 1. The molecule has 1 aromatic carbocycles. The second-order valence-corrected chi connectivity index (χ2v) is 3.75. The Morgan fingerprint density at radius 3 is 2.53 bits per heavy atom. The highest BCUT2D eigenvalue weighted by atomic mass is 16.5. The SMILES string of the molecule is CCC1CN(c2ccc(OC)cc2)C1=O. The van der Waals surface area contributed by atoms with Crippen molar-refractivity contribution in [3.8, 4) is 5.75 Å². The molecule has 15 heavy (non-hydrogen) atoms. The lowest BCUT2D eigenvalue weighted by molar-refractivity contribution is -0.127. The van der Waals surface area contributed by atoms with E-state index in [2.05, 4.69) is 0 Å². The third-order valence-electron chi connectivity index (χ3n) is 2.90. The van der Waals surface area contributed by atoms with Gasteiger partial charge in [-0.15, -0.1) is 0 Å². The lowest BCUT2D eigenvalue weighted by Crippen LogP contribution is -2.52. The lowest BCUT2D eigenvalue weighted by Gasteiger charge is -2.38. The Labute approximate surface area is 89.7 Å². The molecule has 3 nitrogen and oxygen atoms in total. The van der Waals surface area contributed by atoms with Gasteiger partial charge in [0.2, 0.25) is 5.91 Å². The van der Waals surface area contributed by atoms with E-state index < -0.39 is 0 Å². The van der Waals surface area contributed by atoms with Crippen LogP contribution >= 0.6 is 0 Å². The molecule has 1 heterocycles. The summed E-state index contributed by atoms with van der Waals surface area (Å²) < 4.78 is 5.07. The molecule has 1 aliphatic heterocycles. The Hall–Kier alpha value is -1.51. The lowest BCUT2D eigenvalue weighted by atomic mass is 9.95. The molecule has 0 radical (unpaired) electrons. The van der Waals surface area contributed by atoms with Crippen LogP contribution in [0.5, 0.6) is 5.75 Å². The first kappa shape index (κ1) is 10.0. The Kier molecular flexibility index (Phi) is 2.62. The molecule has 0 aromatic heterocycles. The number of hydrogen-bond donors (Lipinski definition) is 0. The van der Waals surface area contributed by atoms with E-state index in [0.717, 1.165) is 24.4 Å². The molecule has 1 aromatic rings. The molecule has 2 rings (SSSR count). The summed E-state index contributed by atoms with van der Waals surface area (Å²) in [5.74, 6) is 1.29. The molecule has 0 aliphatic carbocycles. The van der Waals surface area contributed by atoms with Crippen LogP contribution in [0, 0.1) is 5.92 Å². The van der Waals surface area contributed by atoms with Crippen molar-refractivity contribution in [2.75, 3.05) is 18.6 Å². The molecule has 1 amide bonds. The molecular formula is C12H15NO2. The van der Waals surface area contributed by atoms with Crippen LogP contribution in [0.25, 0.3) is 0 Å². The molecule has 0 saturated carbocycles. The fourth-order valence-corrected chi connectivity index (χ4v) is 1.79. The summed E-state index contributed by atoms with van der Waals surface area (Å²) in [4.78, 5) is 13.5. The van der Waals surface area contributed by atoms with Crippen LogP contribution in [0.2, 0.25) is 0 Å². The molecule has 1 atom stereocenters. The standard InChI is InChI=1S/C12H15NO2/c1-3-9-8-13(12(9)14)10-4-6-11(15-2)7-5-10/h4-7,9H,3,8H2,1-2H3. The highest BCUT2D eigenvalue weighted by Crippen LogP contribution is 2.28. The minimum Gasteiger partial charge on any atom is -0.497 e. The van der Waals surface area contributed by atoms with Crippen molar-refractivity contribution >= 4 is 11.6 Å². The van der Waals surface area contributed by atoms with Gasteiger partial charge in [0, 0.05) is 12.2 Å². The fourth-order valence-electron chi connectivity index (χ4n) is 1.79. The summed E-state index contributed by atoms with van der Waals surface area (Å²) in [6.07, 6.45) is 0.936. The molecule has 0 spiro atoms. The maximum absolute atomic E-state index is 11.6. The van der Waals surface area contributed by atoms with Gasteiger partial charge in [-0.25, -0.2) is 0 Å². The number of β-lactam (4-membered cyclic amide) rings is 1. The van der Waals surface area contributed by atoms with E-state index in [4.69, 9.17) is 4.74 Å². The average Bonchev–Trinajstić information content (AvgIpc) is 2.28. The zero-order chi connectivity index (χ0) is 10.8. The first-order chi connectivity index (χ1) is 7.26. The van der Waals surface area contributed by atoms with Crippen LogP contribution in [0.3, 0.4) is 0 Å². The van der Waals surface area contributed by atoms with Gasteiger partial charge >= 0.3 is 0 Å².